The molecule has 30 heavy (non-hydrogen) atoms. The molecular formula is C25H26N2O3. The van der Waals surface area contributed by atoms with Crippen LogP contribution in [0.2, 0.25) is 0 Å². The van der Waals surface area contributed by atoms with Gasteiger partial charge in [-0.25, -0.2) is 0 Å². The number of phenols is 1. The first-order chi connectivity index (χ1) is 14.6. The number of hydrogen-bond acceptors (Lipinski definition) is 3. The minimum Gasteiger partial charge on any atom is -0.507 e. The molecule has 0 fully saturated rings. The summed E-state index contributed by atoms with van der Waals surface area (Å²) in [6.07, 6.45) is 5.30. The Hall–Kier alpha value is -3.34. The van der Waals surface area contributed by atoms with Crippen LogP contribution >= 0.6 is 0 Å². The van der Waals surface area contributed by atoms with E-state index in [4.69, 9.17) is 0 Å². The highest BCUT2D eigenvalue weighted by molar-refractivity contribution is 6.40. The van der Waals surface area contributed by atoms with E-state index in [-0.39, 0.29) is 11.8 Å². The van der Waals surface area contributed by atoms with Gasteiger partial charge in [-0.15, -0.1) is 0 Å². The van der Waals surface area contributed by atoms with Gasteiger partial charge < -0.3 is 15.7 Å². The lowest BCUT2D eigenvalue weighted by Gasteiger charge is -2.21. The van der Waals surface area contributed by atoms with E-state index in [1.54, 1.807) is 36.4 Å². The van der Waals surface area contributed by atoms with Crippen LogP contribution in [0.3, 0.4) is 0 Å². The monoisotopic (exact) mass is 402 g/mol. The number of aryl methyl sites for hydroxylation is 2. The summed E-state index contributed by atoms with van der Waals surface area (Å²) in [5, 5.41) is 16.9. The number of carbonyl (C=O) groups excluding carboxylic acids is 2. The Kier molecular flexibility index (Phi) is 5.70. The first kappa shape index (κ1) is 20.0. The number of carbonyl (C=O) groups is 2. The molecule has 1 unspecified atom stereocenters. The van der Waals surface area contributed by atoms with E-state index in [2.05, 4.69) is 28.8 Å². The zero-order valence-corrected chi connectivity index (χ0v) is 17.1. The molecule has 3 N–H and O–H groups in total. The lowest BCUT2D eigenvalue weighted by atomic mass is 9.89. The molecular weight excluding hydrogens is 376 g/mol. The first-order valence-electron chi connectivity index (χ1n) is 10.5. The molecule has 0 saturated carbocycles. The van der Waals surface area contributed by atoms with Crippen LogP contribution < -0.4 is 10.6 Å². The Morgan fingerprint density at radius 1 is 0.933 bits per heavy atom. The van der Waals surface area contributed by atoms with Crippen LogP contribution in [0.25, 0.3) is 10.8 Å². The van der Waals surface area contributed by atoms with Crippen molar-refractivity contribution in [3.63, 3.8) is 0 Å². The largest absolute Gasteiger partial charge is 0.507 e. The third kappa shape index (κ3) is 4.01. The summed E-state index contributed by atoms with van der Waals surface area (Å²) in [4.78, 5) is 25.2. The van der Waals surface area contributed by atoms with Gasteiger partial charge in [-0.2, -0.15) is 0 Å². The van der Waals surface area contributed by atoms with Crippen LogP contribution in [0.5, 0.6) is 5.75 Å². The number of rotatable bonds is 4. The molecule has 4 rings (SSSR count). The SMILES string of the molecule is CCC(NC(=O)C(=O)Nc1cccc2c(O)cccc12)c1ccc2c(c1)CCCC2. The zero-order chi connectivity index (χ0) is 21.1. The molecule has 3 aromatic carbocycles. The first-order valence-corrected chi connectivity index (χ1v) is 10.5. The fourth-order valence-electron chi connectivity index (χ4n) is 4.20. The Balaban J connectivity index is 1.49. The third-order valence-electron chi connectivity index (χ3n) is 5.84. The number of aromatic hydroxyl groups is 1. The lowest BCUT2D eigenvalue weighted by Crippen LogP contribution is -2.37. The van der Waals surface area contributed by atoms with Crippen molar-refractivity contribution in [3.8, 4) is 5.75 Å². The van der Waals surface area contributed by atoms with E-state index in [0.29, 0.717) is 22.9 Å². The molecule has 0 heterocycles. The van der Waals surface area contributed by atoms with E-state index < -0.39 is 11.8 Å². The van der Waals surface area contributed by atoms with E-state index >= 15 is 0 Å². The van der Waals surface area contributed by atoms with Gasteiger partial charge in [0.05, 0.1) is 6.04 Å². The highest BCUT2D eigenvalue weighted by atomic mass is 16.3. The van der Waals surface area contributed by atoms with Gasteiger partial charge in [0.1, 0.15) is 5.75 Å². The van der Waals surface area contributed by atoms with Gasteiger partial charge in [0, 0.05) is 16.5 Å². The molecule has 2 amide bonds. The standard InChI is InChI=1S/C25H26N2O3/c1-2-21(18-14-13-16-7-3-4-8-17(16)15-18)26-24(29)25(30)27-22-11-5-10-20-19(22)9-6-12-23(20)28/h5-6,9-15,21,28H,2-4,7-8H2,1H3,(H,26,29)(H,27,30). The highest BCUT2D eigenvalue weighted by Crippen LogP contribution is 2.30. The molecule has 154 valence electrons. The van der Waals surface area contributed by atoms with Crippen molar-refractivity contribution in [2.45, 2.75) is 45.1 Å². The number of phenolic OH excluding ortho intramolecular Hbond substituents is 1. The number of benzene rings is 3. The second-order valence-corrected chi connectivity index (χ2v) is 7.80. The summed E-state index contributed by atoms with van der Waals surface area (Å²) in [7, 11) is 0. The number of amides is 2. The maximum absolute atomic E-state index is 12.6. The second-order valence-electron chi connectivity index (χ2n) is 7.80. The van der Waals surface area contributed by atoms with Gasteiger partial charge in [-0.05, 0) is 60.9 Å². The molecule has 0 saturated heterocycles. The predicted octanol–water partition coefficient (Wildman–Crippen LogP) is 4.63. The van der Waals surface area contributed by atoms with Crippen molar-refractivity contribution in [2.75, 3.05) is 5.32 Å². The Bertz CT molecular complexity index is 1110. The number of hydrogen-bond donors (Lipinski definition) is 3. The fourth-order valence-corrected chi connectivity index (χ4v) is 4.20. The number of anilines is 1. The maximum atomic E-state index is 12.6. The summed E-state index contributed by atoms with van der Waals surface area (Å²) < 4.78 is 0. The van der Waals surface area contributed by atoms with Crippen molar-refractivity contribution < 1.29 is 14.7 Å². The van der Waals surface area contributed by atoms with Crippen LogP contribution in [0.15, 0.2) is 54.6 Å². The normalized spacial score (nSPS) is 14.0. The minimum absolute atomic E-state index is 0.131. The Labute approximate surface area is 176 Å². The van der Waals surface area contributed by atoms with Gasteiger partial charge >= 0.3 is 11.8 Å². The topological polar surface area (TPSA) is 78.4 Å². The smallest absolute Gasteiger partial charge is 0.313 e. The van der Waals surface area contributed by atoms with Gasteiger partial charge in [-0.3, -0.25) is 9.59 Å². The predicted molar refractivity (Wildman–Crippen MR) is 119 cm³/mol. The number of fused-ring (bicyclic) bond motifs is 2. The van der Waals surface area contributed by atoms with Gasteiger partial charge in [-0.1, -0.05) is 49.4 Å². The van der Waals surface area contributed by atoms with E-state index in [0.717, 1.165) is 18.4 Å². The Morgan fingerprint density at radius 3 is 2.47 bits per heavy atom. The van der Waals surface area contributed by atoms with Gasteiger partial charge in [0.25, 0.3) is 0 Å². The molecule has 0 aromatic heterocycles. The average Bonchev–Trinajstić information content (AvgIpc) is 2.77. The summed E-state index contributed by atoms with van der Waals surface area (Å²) in [5.74, 6) is -1.26. The molecule has 0 spiro atoms. The van der Waals surface area contributed by atoms with Crippen molar-refractivity contribution in [3.05, 3.63) is 71.3 Å². The van der Waals surface area contributed by atoms with Gasteiger partial charge in [0.15, 0.2) is 0 Å². The summed E-state index contributed by atoms with van der Waals surface area (Å²) in [5.41, 5.74) is 4.27. The van der Waals surface area contributed by atoms with Crippen LogP contribution in [0.1, 0.15) is 48.9 Å². The molecule has 1 atom stereocenters. The Morgan fingerprint density at radius 2 is 1.67 bits per heavy atom. The van der Waals surface area contributed by atoms with E-state index in [1.807, 2.05) is 6.92 Å². The minimum atomic E-state index is -0.720. The molecule has 5 nitrogen and oxygen atoms in total. The number of nitrogens with one attached hydrogen (secondary N) is 2. The van der Waals surface area contributed by atoms with Crippen molar-refractivity contribution >= 4 is 28.3 Å². The average molecular weight is 402 g/mol. The molecule has 3 aromatic rings. The van der Waals surface area contributed by atoms with Gasteiger partial charge in [0.2, 0.25) is 0 Å². The summed E-state index contributed by atoms with van der Waals surface area (Å²) in [6, 6.07) is 16.5. The van der Waals surface area contributed by atoms with Crippen LogP contribution in [0, 0.1) is 0 Å². The van der Waals surface area contributed by atoms with Crippen molar-refractivity contribution in [1.82, 2.24) is 5.32 Å². The fraction of sp³-hybridized carbons (Fsp3) is 0.280. The van der Waals surface area contributed by atoms with Crippen LogP contribution in [0.4, 0.5) is 5.69 Å². The lowest BCUT2D eigenvalue weighted by molar-refractivity contribution is -0.136. The third-order valence-corrected chi connectivity index (χ3v) is 5.84. The quantitative estimate of drug-likeness (QED) is 0.557. The van der Waals surface area contributed by atoms with Crippen LogP contribution in [-0.2, 0) is 22.4 Å². The van der Waals surface area contributed by atoms with Crippen LogP contribution in [-0.4, -0.2) is 16.9 Å². The highest BCUT2D eigenvalue weighted by Gasteiger charge is 2.21. The summed E-state index contributed by atoms with van der Waals surface area (Å²) >= 11 is 0. The molecule has 1 aliphatic rings. The summed E-state index contributed by atoms with van der Waals surface area (Å²) in [6.45, 7) is 2.00. The van der Waals surface area contributed by atoms with E-state index in [9.17, 15) is 14.7 Å². The molecule has 5 heteroatoms. The van der Waals surface area contributed by atoms with Crippen molar-refractivity contribution in [2.24, 2.45) is 0 Å². The molecule has 1 aliphatic carbocycles. The van der Waals surface area contributed by atoms with E-state index in [1.165, 1.54) is 24.0 Å². The van der Waals surface area contributed by atoms with Crippen molar-refractivity contribution in [1.29, 1.82) is 0 Å². The molecule has 0 bridgehead atoms. The molecule has 0 radical (unpaired) electrons. The molecule has 0 aliphatic heterocycles. The second kappa shape index (κ2) is 8.57. The maximum Gasteiger partial charge on any atom is 0.313 e. The zero-order valence-electron chi connectivity index (χ0n) is 17.1.